The minimum atomic E-state index is -3.85. The quantitative estimate of drug-likeness (QED) is 0.601. The fourth-order valence-electron chi connectivity index (χ4n) is 0.805. The van der Waals surface area contributed by atoms with E-state index in [2.05, 4.69) is 9.46 Å². The van der Waals surface area contributed by atoms with E-state index in [9.17, 15) is 13.2 Å². The van der Waals surface area contributed by atoms with Crippen molar-refractivity contribution in [1.29, 1.82) is 0 Å². The predicted octanol–water partition coefficient (Wildman–Crippen LogP) is -0.307. The molecule has 1 atom stereocenters. The summed E-state index contributed by atoms with van der Waals surface area (Å²) in [5.41, 5.74) is 5.44. The lowest BCUT2D eigenvalue weighted by molar-refractivity contribution is 0.121. The van der Waals surface area contributed by atoms with Crippen LogP contribution < -0.4 is 15.2 Å². The molecule has 0 aromatic rings. The van der Waals surface area contributed by atoms with Gasteiger partial charge in [0, 0.05) is 12.6 Å². The number of carbonyl (C=O) groups is 1. The molecule has 0 spiro atoms. The Morgan fingerprint density at radius 1 is 1.38 bits per heavy atom. The Morgan fingerprint density at radius 2 is 1.94 bits per heavy atom. The lowest BCUT2D eigenvalue weighted by Gasteiger charge is -2.11. The Morgan fingerprint density at radius 3 is 2.38 bits per heavy atom. The molecule has 0 aromatic carbocycles. The third-order valence-corrected chi connectivity index (χ3v) is 2.47. The van der Waals surface area contributed by atoms with Crippen LogP contribution in [-0.2, 0) is 14.9 Å². The van der Waals surface area contributed by atoms with Gasteiger partial charge in [0.1, 0.15) is 0 Å². The van der Waals surface area contributed by atoms with Gasteiger partial charge in [0.15, 0.2) is 0 Å². The van der Waals surface area contributed by atoms with E-state index >= 15 is 0 Å². The van der Waals surface area contributed by atoms with Gasteiger partial charge in [-0.1, -0.05) is 0 Å². The van der Waals surface area contributed by atoms with Crippen LogP contribution in [0.1, 0.15) is 27.2 Å². The molecule has 0 bridgehead atoms. The molecule has 1 unspecified atom stereocenters. The summed E-state index contributed by atoms with van der Waals surface area (Å²) in [7, 11) is -3.85. The van der Waals surface area contributed by atoms with Gasteiger partial charge in [0.25, 0.3) is 0 Å². The van der Waals surface area contributed by atoms with Crippen molar-refractivity contribution < 1.29 is 17.9 Å². The highest BCUT2D eigenvalue weighted by Crippen LogP contribution is 1.90. The average Bonchev–Trinajstić information content (AvgIpc) is 1.98. The number of rotatable bonds is 6. The van der Waals surface area contributed by atoms with E-state index in [1.807, 2.05) is 0 Å². The molecule has 4 N–H and O–H groups in total. The molecule has 8 heteroatoms. The van der Waals surface area contributed by atoms with Gasteiger partial charge in [0.05, 0.1) is 6.10 Å². The Labute approximate surface area is 95.9 Å². The molecule has 0 radical (unpaired) electrons. The second-order valence-corrected chi connectivity index (χ2v) is 5.22. The molecule has 16 heavy (non-hydrogen) atoms. The second-order valence-electron chi connectivity index (χ2n) is 3.72. The van der Waals surface area contributed by atoms with Crippen molar-refractivity contribution in [2.75, 3.05) is 6.54 Å². The molecular formula is C8H19N3O4S. The van der Waals surface area contributed by atoms with Gasteiger partial charge < -0.3 is 10.5 Å². The normalized spacial score (nSPS) is 13.6. The minimum Gasteiger partial charge on any atom is -0.446 e. The first-order chi connectivity index (χ1) is 7.23. The highest BCUT2D eigenvalue weighted by molar-refractivity contribution is 7.88. The van der Waals surface area contributed by atoms with Crippen molar-refractivity contribution in [3.63, 3.8) is 0 Å². The third-order valence-electron chi connectivity index (χ3n) is 1.45. The lowest BCUT2D eigenvalue weighted by Crippen LogP contribution is -2.42. The predicted molar refractivity (Wildman–Crippen MR) is 59.9 cm³/mol. The van der Waals surface area contributed by atoms with Crippen LogP contribution in [0.2, 0.25) is 0 Å². The van der Waals surface area contributed by atoms with Crippen molar-refractivity contribution >= 4 is 16.3 Å². The van der Waals surface area contributed by atoms with Crippen molar-refractivity contribution in [3.05, 3.63) is 0 Å². The highest BCUT2D eigenvalue weighted by Gasteiger charge is 2.15. The number of hydrogen-bond acceptors (Lipinski definition) is 5. The molecule has 96 valence electrons. The molecule has 0 fully saturated rings. The largest absolute Gasteiger partial charge is 0.446 e. The zero-order chi connectivity index (χ0) is 12.8. The van der Waals surface area contributed by atoms with Crippen LogP contribution >= 0.6 is 0 Å². The molecule has 0 saturated carbocycles. The molecule has 1 amide bonds. The Bertz CT molecular complexity index is 313. The Hall–Kier alpha value is -0.860. The van der Waals surface area contributed by atoms with Gasteiger partial charge in [-0.3, -0.25) is 0 Å². The van der Waals surface area contributed by atoms with E-state index in [0.717, 1.165) is 0 Å². The maximum absolute atomic E-state index is 11.2. The topological polar surface area (TPSA) is 111 Å². The molecule has 0 aliphatic heterocycles. The van der Waals surface area contributed by atoms with E-state index in [0.29, 0.717) is 6.42 Å². The smallest absolute Gasteiger partial charge is 0.422 e. The SMILES string of the molecule is CC(N)CCNS(=O)(=O)NC(=O)OC(C)C. The van der Waals surface area contributed by atoms with E-state index in [4.69, 9.17) is 5.73 Å². The van der Waals surface area contributed by atoms with Crippen molar-refractivity contribution in [2.45, 2.75) is 39.3 Å². The summed E-state index contributed by atoms with van der Waals surface area (Å²) >= 11 is 0. The van der Waals surface area contributed by atoms with Crippen LogP contribution in [0.5, 0.6) is 0 Å². The van der Waals surface area contributed by atoms with Crippen molar-refractivity contribution in [1.82, 2.24) is 9.44 Å². The maximum Gasteiger partial charge on any atom is 0.422 e. The van der Waals surface area contributed by atoms with Crippen LogP contribution in [0.4, 0.5) is 4.79 Å². The zero-order valence-electron chi connectivity index (χ0n) is 9.69. The molecule has 0 rings (SSSR count). The first kappa shape index (κ1) is 15.1. The number of ether oxygens (including phenoxy) is 1. The molecule has 0 heterocycles. The summed E-state index contributed by atoms with van der Waals surface area (Å²) in [6.45, 7) is 5.17. The van der Waals surface area contributed by atoms with Gasteiger partial charge >= 0.3 is 16.3 Å². The highest BCUT2D eigenvalue weighted by atomic mass is 32.2. The van der Waals surface area contributed by atoms with Crippen LogP contribution in [-0.4, -0.2) is 33.2 Å². The van der Waals surface area contributed by atoms with E-state index in [-0.39, 0.29) is 18.7 Å². The molecular weight excluding hydrogens is 234 g/mol. The standard InChI is InChI=1S/C8H19N3O4S/c1-6(2)15-8(12)11-16(13,14)10-5-4-7(3)9/h6-7,10H,4-5,9H2,1-3H3,(H,11,12). The van der Waals surface area contributed by atoms with Gasteiger partial charge in [0.2, 0.25) is 0 Å². The number of nitrogens with one attached hydrogen (secondary N) is 2. The van der Waals surface area contributed by atoms with Gasteiger partial charge in [-0.2, -0.15) is 13.1 Å². The van der Waals surface area contributed by atoms with Gasteiger partial charge in [-0.05, 0) is 27.2 Å². The van der Waals surface area contributed by atoms with Crippen molar-refractivity contribution in [2.24, 2.45) is 5.73 Å². The molecule has 0 saturated heterocycles. The summed E-state index contributed by atoms with van der Waals surface area (Å²) in [5.74, 6) is 0. The monoisotopic (exact) mass is 253 g/mol. The van der Waals surface area contributed by atoms with E-state index in [1.165, 1.54) is 0 Å². The Kier molecular flexibility index (Phi) is 6.31. The summed E-state index contributed by atoms with van der Waals surface area (Å²) in [4.78, 5) is 11.0. The summed E-state index contributed by atoms with van der Waals surface area (Å²) in [6, 6.07) is -0.106. The van der Waals surface area contributed by atoms with Gasteiger partial charge in [-0.15, -0.1) is 0 Å². The maximum atomic E-state index is 11.2. The van der Waals surface area contributed by atoms with E-state index in [1.54, 1.807) is 25.5 Å². The number of amides is 1. The molecule has 0 aliphatic rings. The fourth-order valence-corrected chi connectivity index (χ4v) is 1.53. The van der Waals surface area contributed by atoms with Gasteiger partial charge in [-0.25, -0.2) is 9.52 Å². The molecule has 0 aromatic heterocycles. The van der Waals surface area contributed by atoms with Crippen LogP contribution in [0.15, 0.2) is 0 Å². The Balaban J connectivity index is 4.00. The summed E-state index contributed by atoms with van der Waals surface area (Å²) in [5, 5.41) is 0. The number of hydrogen-bond donors (Lipinski definition) is 3. The van der Waals surface area contributed by atoms with Crippen LogP contribution in [0, 0.1) is 0 Å². The third kappa shape index (κ3) is 8.45. The number of nitrogens with two attached hydrogens (primary N) is 1. The lowest BCUT2D eigenvalue weighted by atomic mass is 10.3. The molecule has 0 aliphatic carbocycles. The molecule has 7 nitrogen and oxygen atoms in total. The summed E-state index contributed by atoms with van der Waals surface area (Å²) in [6.07, 6.45) is -0.886. The zero-order valence-corrected chi connectivity index (χ0v) is 10.5. The number of carbonyl (C=O) groups excluding carboxylic acids is 1. The second kappa shape index (κ2) is 6.66. The first-order valence-electron chi connectivity index (χ1n) is 4.96. The van der Waals surface area contributed by atoms with Crippen LogP contribution in [0.3, 0.4) is 0 Å². The average molecular weight is 253 g/mol. The fraction of sp³-hybridized carbons (Fsp3) is 0.875. The summed E-state index contributed by atoms with van der Waals surface area (Å²) < 4.78 is 31.0. The van der Waals surface area contributed by atoms with Crippen LogP contribution in [0.25, 0.3) is 0 Å². The minimum absolute atomic E-state index is 0.106. The van der Waals surface area contributed by atoms with Crippen molar-refractivity contribution in [3.8, 4) is 0 Å². The van der Waals surface area contributed by atoms with E-state index < -0.39 is 16.3 Å². The first-order valence-corrected chi connectivity index (χ1v) is 6.45.